The molecule has 0 saturated carbocycles. The molecule has 23 heavy (non-hydrogen) atoms. The number of carbonyl (C=O) groups is 1. The van der Waals surface area contributed by atoms with E-state index in [0.717, 1.165) is 10.8 Å². The molecule has 9 heteroatoms. The zero-order valence-electron chi connectivity index (χ0n) is 12.9. The number of nitro benzene ring substituents is 1. The average Bonchev–Trinajstić information content (AvgIpc) is 2.93. The molecule has 7 nitrogen and oxygen atoms in total. The lowest BCUT2D eigenvalue weighted by Gasteiger charge is -2.05. The van der Waals surface area contributed by atoms with Crippen LogP contribution in [0.25, 0.3) is 0 Å². The number of nitro groups is 1. The zero-order valence-corrected chi connectivity index (χ0v) is 14.5. The van der Waals surface area contributed by atoms with Gasteiger partial charge in [-0.2, -0.15) is 0 Å². The number of carbonyl (C=O) groups excluding carboxylic acids is 1. The minimum atomic E-state index is -0.502. The highest BCUT2D eigenvalue weighted by Crippen LogP contribution is 2.30. The van der Waals surface area contributed by atoms with Crippen LogP contribution >= 0.6 is 23.1 Å². The van der Waals surface area contributed by atoms with Gasteiger partial charge in [0.1, 0.15) is 0 Å². The predicted octanol–water partition coefficient (Wildman–Crippen LogP) is 3.90. The highest BCUT2D eigenvalue weighted by molar-refractivity contribution is 8.01. The van der Waals surface area contributed by atoms with Crippen LogP contribution in [0, 0.1) is 17.0 Å². The van der Waals surface area contributed by atoms with Gasteiger partial charge in [0.15, 0.2) is 4.34 Å². The molecule has 1 N–H and O–H groups in total. The molecule has 0 bridgehead atoms. The van der Waals surface area contributed by atoms with Gasteiger partial charge >= 0.3 is 0 Å². The first-order valence-corrected chi connectivity index (χ1v) is 8.67. The fourth-order valence-corrected chi connectivity index (χ4v) is 3.79. The van der Waals surface area contributed by atoms with E-state index in [0.29, 0.717) is 15.9 Å². The van der Waals surface area contributed by atoms with Gasteiger partial charge < -0.3 is 0 Å². The second-order valence-corrected chi connectivity index (χ2v) is 7.53. The van der Waals surface area contributed by atoms with Crippen molar-refractivity contribution in [1.82, 2.24) is 10.2 Å². The lowest BCUT2D eigenvalue weighted by Crippen LogP contribution is -2.14. The van der Waals surface area contributed by atoms with Crippen molar-refractivity contribution in [2.45, 2.75) is 36.8 Å². The monoisotopic (exact) mass is 352 g/mol. The first-order valence-electron chi connectivity index (χ1n) is 6.97. The molecule has 1 aromatic carbocycles. The zero-order chi connectivity index (χ0) is 17.0. The summed E-state index contributed by atoms with van der Waals surface area (Å²) in [6, 6.07) is 4.41. The third-order valence-corrected chi connectivity index (χ3v) is 5.44. The van der Waals surface area contributed by atoms with Gasteiger partial charge in [0, 0.05) is 22.4 Å². The van der Waals surface area contributed by atoms with Gasteiger partial charge in [0.2, 0.25) is 5.13 Å². The Hall–Kier alpha value is -2.00. The third-order valence-electron chi connectivity index (χ3n) is 3.25. The number of nitrogens with zero attached hydrogens (tertiary/aromatic N) is 3. The molecule has 1 amide bonds. The first kappa shape index (κ1) is 17.4. The summed E-state index contributed by atoms with van der Waals surface area (Å²) in [6.07, 6.45) is 1.01. The Morgan fingerprint density at radius 3 is 2.87 bits per heavy atom. The third kappa shape index (κ3) is 4.26. The first-order chi connectivity index (χ1) is 10.9. The molecule has 0 fully saturated rings. The second-order valence-electron chi connectivity index (χ2n) is 4.87. The average molecular weight is 352 g/mol. The van der Waals surface area contributed by atoms with E-state index in [9.17, 15) is 14.9 Å². The van der Waals surface area contributed by atoms with Crippen LogP contribution in [0.2, 0.25) is 0 Å². The SMILES string of the molecule is CCC(C)Sc1nnc(NC(=O)c2cccc([N+](=O)[O-])c2C)s1. The van der Waals surface area contributed by atoms with Crippen molar-refractivity contribution >= 4 is 39.8 Å². The van der Waals surface area contributed by atoms with Gasteiger partial charge in [-0.05, 0) is 19.4 Å². The lowest BCUT2D eigenvalue weighted by molar-refractivity contribution is -0.385. The maximum atomic E-state index is 12.3. The minimum Gasteiger partial charge on any atom is -0.296 e. The number of thioether (sulfide) groups is 1. The fourth-order valence-electron chi connectivity index (χ4n) is 1.80. The van der Waals surface area contributed by atoms with Crippen molar-refractivity contribution in [1.29, 1.82) is 0 Å². The molecule has 1 aromatic heterocycles. The van der Waals surface area contributed by atoms with Crippen molar-refractivity contribution in [3.63, 3.8) is 0 Å². The number of hydrogen-bond acceptors (Lipinski definition) is 7. The number of aromatic nitrogens is 2. The van der Waals surface area contributed by atoms with Crippen LogP contribution in [0.3, 0.4) is 0 Å². The smallest absolute Gasteiger partial charge is 0.273 e. The topological polar surface area (TPSA) is 98.0 Å². The predicted molar refractivity (Wildman–Crippen MR) is 91.3 cm³/mol. The van der Waals surface area contributed by atoms with E-state index in [1.54, 1.807) is 24.8 Å². The van der Waals surface area contributed by atoms with Crippen molar-refractivity contribution in [3.05, 3.63) is 39.4 Å². The molecule has 0 aliphatic rings. The van der Waals surface area contributed by atoms with Crippen molar-refractivity contribution in [2.75, 3.05) is 5.32 Å². The number of nitrogens with one attached hydrogen (secondary N) is 1. The molecule has 0 aliphatic carbocycles. The summed E-state index contributed by atoms with van der Waals surface area (Å²) in [7, 11) is 0. The summed E-state index contributed by atoms with van der Waals surface area (Å²) in [4.78, 5) is 22.7. The van der Waals surface area contributed by atoms with Crippen molar-refractivity contribution < 1.29 is 9.72 Å². The maximum absolute atomic E-state index is 12.3. The van der Waals surface area contributed by atoms with Gasteiger partial charge in [0.25, 0.3) is 11.6 Å². The van der Waals surface area contributed by atoms with E-state index in [2.05, 4.69) is 29.4 Å². The molecule has 2 rings (SSSR count). The Bertz CT molecular complexity index is 733. The van der Waals surface area contributed by atoms with Gasteiger partial charge in [0.05, 0.1) is 4.92 Å². The number of hydrogen-bond donors (Lipinski definition) is 1. The van der Waals surface area contributed by atoms with E-state index in [-0.39, 0.29) is 11.3 Å². The molecule has 0 aliphatic heterocycles. The van der Waals surface area contributed by atoms with Gasteiger partial charge in [-0.15, -0.1) is 10.2 Å². The van der Waals surface area contributed by atoms with E-state index >= 15 is 0 Å². The van der Waals surface area contributed by atoms with Crippen LogP contribution < -0.4 is 5.32 Å². The van der Waals surface area contributed by atoms with Gasteiger partial charge in [-0.1, -0.05) is 43.0 Å². The molecular formula is C14H16N4O3S2. The largest absolute Gasteiger partial charge is 0.296 e. The molecule has 1 unspecified atom stereocenters. The Morgan fingerprint density at radius 1 is 1.48 bits per heavy atom. The molecule has 0 spiro atoms. The lowest BCUT2D eigenvalue weighted by atomic mass is 10.1. The molecule has 1 atom stereocenters. The van der Waals surface area contributed by atoms with E-state index in [4.69, 9.17) is 0 Å². The number of amides is 1. The number of benzene rings is 1. The van der Waals surface area contributed by atoms with E-state index in [1.165, 1.54) is 23.5 Å². The normalized spacial score (nSPS) is 12.0. The van der Waals surface area contributed by atoms with Crippen LogP contribution in [0.1, 0.15) is 36.2 Å². The van der Waals surface area contributed by atoms with Crippen molar-refractivity contribution in [3.8, 4) is 0 Å². The van der Waals surface area contributed by atoms with Crippen LogP contribution in [-0.4, -0.2) is 26.3 Å². The fraction of sp³-hybridized carbons (Fsp3) is 0.357. The summed E-state index contributed by atoms with van der Waals surface area (Å²) < 4.78 is 0.783. The number of anilines is 1. The molecule has 122 valence electrons. The van der Waals surface area contributed by atoms with Crippen LogP contribution in [0.5, 0.6) is 0 Å². The Kier molecular flexibility index (Phi) is 5.67. The summed E-state index contributed by atoms with van der Waals surface area (Å²) in [5.74, 6) is -0.428. The van der Waals surface area contributed by atoms with Crippen molar-refractivity contribution in [2.24, 2.45) is 0 Å². The summed E-state index contributed by atoms with van der Waals surface area (Å²) in [6.45, 7) is 5.74. The maximum Gasteiger partial charge on any atom is 0.273 e. The minimum absolute atomic E-state index is 0.0806. The molecule has 0 saturated heterocycles. The van der Waals surface area contributed by atoms with Gasteiger partial charge in [-0.3, -0.25) is 20.2 Å². The van der Waals surface area contributed by atoms with Crippen LogP contribution in [0.15, 0.2) is 22.5 Å². The van der Waals surface area contributed by atoms with Crippen LogP contribution in [-0.2, 0) is 0 Å². The second kappa shape index (κ2) is 7.51. The summed E-state index contributed by atoms with van der Waals surface area (Å²) in [5.41, 5.74) is 0.502. The molecule has 2 aromatic rings. The quantitative estimate of drug-likeness (QED) is 0.366. The van der Waals surface area contributed by atoms with E-state index in [1.807, 2.05) is 0 Å². The highest BCUT2D eigenvalue weighted by Gasteiger charge is 2.19. The standard InChI is InChI=1S/C14H16N4O3S2/c1-4-8(2)22-14-17-16-13(23-14)15-12(19)10-6-5-7-11(9(10)3)18(20)21/h5-8H,4H2,1-3H3,(H,15,16,19). The van der Waals surface area contributed by atoms with Crippen LogP contribution in [0.4, 0.5) is 10.8 Å². The number of rotatable bonds is 6. The molecule has 1 heterocycles. The molecular weight excluding hydrogens is 336 g/mol. The Morgan fingerprint density at radius 2 is 2.22 bits per heavy atom. The summed E-state index contributed by atoms with van der Waals surface area (Å²) in [5, 5.41) is 22.4. The van der Waals surface area contributed by atoms with Gasteiger partial charge in [-0.25, -0.2) is 0 Å². The highest BCUT2D eigenvalue weighted by atomic mass is 32.2. The molecule has 0 radical (unpaired) electrons. The Labute approximate surface area is 141 Å². The van der Waals surface area contributed by atoms with E-state index < -0.39 is 10.8 Å². The Balaban J connectivity index is 2.14. The summed E-state index contributed by atoms with van der Waals surface area (Å²) >= 11 is 2.89.